The normalized spacial score (nSPS) is 13.3. The van der Waals surface area contributed by atoms with Gasteiger partial charge in [0.05, 0.1) is 11.2 Å². The van der Waals surface area contributed by atoms with E-state index in [2.05, 4.69) is 17.1 Å². The molecule has 4 N–H and O–H groups in total. The van der Waals surface area contributed by atoms with Crippen molar-refractivity contribution in [1.29, 1.82) is 5.26 Å². The molecular formula is C25H19N5OS2. The molecule has 0 spiro atoms. The van der Waals surface area contributed by atoms with Gasteiger partial charge in [-0.15, -0.1) is 22.7 Å². The van der Waals surface area contributed by atoms with Crippen LogP contribution in [0.2, 0.25) is 0 Å². The highest BCUT2D eigenvalue weighted by Gasteiger charge is 2.29. The number of fused-ring (bicyclic) bond motifs is 4. The fraction of sp³-hybridized carbons (Fsp3) is 0.160. The van der Waals surface area contributed by atoms with Crippen molar-refractivity contribution < 1.29 is 4.79 Å². The standard InChI is InChI=1S/C25H19N5OS2/c26-12-15-19(18-10-5-11-32-18)20-21(27)22(33-24(20)29-23(15)28)25(31)30-16-8-3-1-6-13(16)14-7-2-4-9-17(14)30/h1,3,5-6,8,10-11H,2,4,7,9,27H2,(H2,28,29). The number of rotatable bonds is 2. The van der Waals surface area contributed by atoms with Gasteiger partial charge in [0, 0.05) is 26.9 Å². The average molecular weight is 470 g/mol. The molecular weight excluding hydrogens is 450 g/mol. The van der Waals surface area contributed by atoms with E-state index in [4.69, 9.17) is 11.5 Å². The van der Waals surface area contributed by atoms with Gasteiger partial charge in [-0.25, -0.2) is 4.98 Å². The number of nitrogens with two attached hydrogens (primary N) is 2. The molecule has 4 heterocycles. The van der Waals surface area contributed by atoms with Crippen molar-refractivity contribution in [3.8, 4) is 16.5 Å². The fourth-order valence-electron chi connectivity index (χ4n) is 4.94. The number of nitriles is 1. The van der Waals surface area contributed by atoms with Crippen LogP contribution >= 0.6 is 22.7 Å². The van der Waals surface area contributed by atoms with Crippen molar-refractivity contribution in [2.24, 2.45) is 0 Å². The van der Waals surface area contributed by atoms with Crippen LogP contribution in [0, 0.1) is 11.3 Å². The highest BCUT2D eigenvalue weighted by Crippen LogP contribution is 2.44. The third kappa shape index (κ3) is 2.83. The lowest BCUT2D eigenvalue weighted by Gasteiger charge is -2.15. The lowest BCUT2D eigenvalue weighted by Crippen LogP contribution is -2.17. The zero-order valence-corrected chi connectivity index (χ0v) is 19.2. The number of hydrogen-bond donors (Lipinski definition) is 2. The molecule has 6 rings (SSSR count). The van der Waals surface area contributed by atoms with Crippen molar-refractivity contribution in [2.75, 3.05) is 11.5 Å². The highest BCUT2D eigenvalue weighted by molar-refractivity contribution is 7.21. The van der Waals surface area contributed by atoms with E-state index in [9.17, 15) is 10.1 Å². The van der Waals surface area contributed by atoms with Gasteiger partial charge in [-0.1, -0.05) is 24.3 Å². The Bertz CT molecular complexity index is 1620. The number of hydrogen-bond acceptors (Lipinski definition) is 7. The zero-order valence-electron chi connectivity index (χ0n) is 17.6. The molecule has 0 saturated heterocycles. The highest BCUT2D eigenvalue weighted by atomic mass is 32.1. The van der Waals surface area contributed by atoms with Crippen LogP contribution in [0.5, 0.6) is 0 Å². The SMILES string of the molecule is N#Cc1c(N)nc2sc(C(=O)n3c4c(c5ccccc53)CCCC4)c(N)c2c1-c1cccs1. The Balaban J connectivity index is 1.63. The fourth-order valence-corrected chi connectivity index (χ4v) is 6.76. The van der Waals surface area contributed by atoms with Crippen LogP contribution in [0.3, 0.4) is 0 Å². The zero-order chi connectivity index (χ0) is 22.7. The molecule has 162 valence electrons. The van der Waals surface area contributed by atoms with E-state index in [-0.39, 0.29) is 17.3 Å². The van der Waals surface area contributed by atoms with E-state index in [1.54, 1.807) is 0 Å². The molecule has 4 aromatic heterocycles. The Morgan fingerprint density at radius 1 is 1.12 bits per heavy atom. The lowest BCUT2D eigenvalue weighted by molar-refractivity contribution is 0.0966. The Morgan fingerprint density at radius 3 is 2.73 bits per heavy atom. The average Bonchev–Trinajstić information content (AvgIpc) is 3.55. The first kappa shape index (κ1) is 20.0. The maximum absolute atomic E-state index is 14.0. The van der Waals surface area contributed by atoms with E-state index in [0.717, 1.165) is 47.2 Å². The first-order valence-electron chi connectivity index (χ1n) is 10.7. The van der Waals surface area contributed by atoms with Crippen molar-refractivity contribution in [2.45, 2.75) is 25.7 Å². The van der Waals surface area contributed by atoms with Crippen LogP contribution in [0.15, 0.2) is 41.8 Å². The lowest BCUT2D eigenvalue weighted by atomic mass is 9.95. The summed E-state index contributed by atoms with van der Waals surface area (Å²) in [5, 5.41) is 13.5. The molecule has 0 bridgehead atoms. The number of nitrogens with zero attached hydrogens (tertiary/aromatic N) is 3. The van der Waals surface area contributed by atoms with E-state index >= 15 is 0 Å². The Labute approximate surface area is 197 Å². The summed E-state index contributed by atoms with van der Waals surface area (Å²) < 4.78 is 1.84. The number of para-hydroxylation sites is 1. The number of pyridine rings is 1. The summed E-state index contributed by atoms with van der Waals surface area (Å²) in [6.45, 7) is 0. The minimum absolute atomic E-state index is 0.149. The largest absolute Gasteiger partial charge is 0.397 e. The maximum atomic E-state index is 14.0. The number of anilines is 2. The summed E-state index contributed by atoms with van der Waals surface area (Å²) in [5.74, 6) is 0.00139. The van der Waals surface area contributed by atoms with Crippen LogP contribution in [0.25, 0.3) is 31.6 Å². The van der Waals surface area contributed by atoms with Crippen molar-refractivity contribution in [1.82, 2.24) is 9.55 Å². The van der Waals surface area contributed by atoms with Gasteiger partial charge in [-0.05, 0) is 48.8 Å². The molecule has 1 aliphatic rings. The summed E-state index contributed by atoms with van der Waals surface area (Å²) >= 11 is 2.74. The molecule has 8 heteroatoms. The summed E-state index contributed by atoms with van der Waals surface area (Å²) in [4.78, 5) is 20.3. The molecule has 0 atom stereocenters. The predicted molar refractivity (Wildman–Crippen MR) is 135 cm³/mol. The van der Waals surface area contributed by atoms with Gasteiger partial charge in [-0.3, -0.25) is 9.36 Å². The first-order valence-corrected chi connectivity index (χ1v) is 12.4. The smallest absolute Gasteiger partial charge is 0.274 e. The molecule has 0 fully saturated rings. The van der Waals surface area contributed by atoms with Gasteiger partial charge in [0.15, 0.2) is 0 Å². The molecule has 0 unspecified atom stereocenters. The second kappa shape index (κ2) is 7.44. The quantitative estimate of drug-likeness (QED) is 0.350. The number of thiophene rings is 2. The minimum Gasteiger partial charge on any atom is -0.397 e. The molecule has 0 amide bonds. The first-order chi connectivity index (χ1) is 16.1. The summed E-state index contributed by atoms with van der Waals surface area (Å²) in [6, 6.07) is 14.1. The molecule has 0 aliphatic heterocycles. The number of aromatic nitrogens is 2. The Hall–Kier alpha value is -3.67. The van der Waals surface area contributed by atoms with E-state index in [1.807, 2.05) is 40.3 Å². The van der Waals surface area contributed by atoms with Crippen LogP contribution in [-0.2, 0) is 12.8 Å². The van der Waals surface area contributed by atoms with Gasteiger partial charge in [0.1, 0.15) is 27.2 Å². The van der Waals surface area contributed by atoms with E-state index in [1.165, 1.54) is 28.2 Å². The second-order valence-electron chi connectivity index (χ2n) is 8.15. The number of benzene rings is 1. The summed E-state index contributed by atoms with van der Waals surface area (Å²) in [7, 11) is 0. The Morgan fingerprint density at radius 2 is 1.94 bits per heavy atom. The predicted octanol–water partition coefficient (Wildman–Crippen LogP) is 5.58. The van der Waals surface area contributed by atoms with E-state index < -0.39 is 0 Å². The van der Waals surface area contributed by atoms with E-state index in [0.29, 0.717) is 26.3 Å². The van der Waals surface area contributed by atoms with Crippen LogP contribution in [0.4, 0.5) is 11.5 Å². The number of carbonyl (C=O) groups excluding carboxylic acids is 1. The van der Waals surface area contributed by atoms with Crippen LogP contribution in [0.1, 0.15) is 39.3 Å². The van der Waals surface area contributed by atoms with Gasteiger partial charge in [0.2, 0.25) is 0 Å². The van der Waals surface area contributed by atoms with Crippen LogP contribution < -0.4 is 11.5 Å². The molecule has 5 aromatic rings. The third-order valence-electron chi connectivity index (χ3n) is 6.36. The third-order valence-corrected chi connectivity index (χ3v) is 8.33. The number of aryl methyl sites for hydroxylation is 1. The summed E-state index contributed by atoms with van der Waals surface area (Å²) in [5.41, 5.74) is 17.3. The van der Waals surface area contributed by atoms with Gasteiger partial charge < -0.3 is 11.5 Å². The van der Waals surface area contributed by atoms with Crippen molar-refractivity contribution in [3.63, 3.8) is 0 Å². The van der Waals surface area contributed by atoms with Crippen molar-refractivity contribution >= 4 is 61.2 Å². The molecule has 33 heavy (non-hydrogen) atoms. The number of carbonyl (C=O) groups is 1. The molecule has 6 nitrogen and oxygen atoms in total. The Kier molecular flexibility index (Phi) is 4.50. The minimum atomic E-state index is -0.149. The molecule has 1 aromatic carbocycles. The topological polar surface area (TPSA) is 111 Å². The number of nitrogen functional groups attached to an aromatic ring is 2. The maximum Gasteiger partial charge on any atom is 0.274 e. The van der Waals surface area contributed by atoms with Gasteiger partial charge in [0.25, 0.3) is 5.91 Å². The van der Waals surface area contributed by atoms with Crippen LogP contribution in [-0.4, -0.2) is 15.5 Å². The van der Waals surface area contributed by atoms with Crippen molar-refractivity contribution in [3.05, 3.63) is 63.5 Å². The van der Waals surface area contributed by atoms with Gasteiger partial charge >= 0.3 is 0 Å². The monoisotopic (exact) mass is 469 g/mol. The molecule has 1 aliphatic carbocycles. The molecule has 0 saturated carbocycles. The summed E-state index contributed by atoms with van der Waals surface area (Å²) in [6.07, 6.45) is 4.03. The second-order valence-corrected chi connectivity index (χ2v) is 10.1. The van der Waals surface area contributed by atoms with Gasteiger partial charge in [-0.2, -0.15) is 5.26 Å². The molecule has 0 radical (unpaired) electrons.